The molecule has 0 aliphatic rings. The van der Waals surface area contributed by atoms with Crippen LogP contribution in [0.15, 0.2) is 0 Å². The summed E-state index contributed by atoms with van der Waals surface area (Å²) < 4.78 is 5.37. The van der Waals surface area contributed by atoms with Gasteiger partial charge in [0.1, 0.15) is 5.82 Å². The zero-order valence-corrected chi connectivity index (χ0v) is 11.5. The van der Waals surface area contributed by atoms with Crippen molar-refractivity contribution in [2.75, 3.05) is 13.7 Å². The minimum absolute atomic E-state index is 0.00902. The van der Waals surface area contributed by atoms with E-state index in [2.05, 4.69) is 30.7 Å². The second-order valence-electron chi connectivity index (χ2n) is 5.25. The first-order valence-electron chi connectivity index (χ1n) is 6.02. The van der Waals surface area contributed by atoms with Crippen LogP contribution in [0.25, 0.3) is 0 Å². The van der Waals surface area contributed by atoms with Crippen LogP contribution >= 0.6 is 0 Å². The molecule has 0 aliphatic carbocycles. The van der Waals surface area contributed by atoms with Gasteiger partial charge < -0.3 is 10.5 Å². The Hall–Kier alpha value is -1.16. The Morgan fingerprint density at radius 1 is 1.24 bits per heavy atom. The lowest BCUT2D eigenvalue weighted by Gasteiger charge is -2.23. The van der Waals surface area contributed by atoms with Crippen LogP contribution in [-0.2, 0) is 11.8 Å². The van der Waals surface area contributed by atoms with Crippen LogP contribution in [0.2, 0.25) is 0 Å². The molecular weight excluding hydrogens is 214 g/mol. The van der Waals surface area contributed by atoms with Crippen molar-refractivity contribution in [3.8, 4) is 5.88 Å². The predicted octanol–water partition coefficient (Wildman–Crippen LogP) is 1.98. The predicted molar refractivity (Wildman–Crippen MR) is 69.4 cm³/mol. The Balaban J connectivity index is 3.28. The molecule has 0 spiro atoms. The van der Waals surface area contributed by atoms with Gasteiger partial charge in [0, 0.05) is 11.0 Å². The molecular formula is C13H23N3O. The molecule has 2 N–H and O–H groups in total. The number of hydrogen-bond acceptors (Lipinski definition) is 4. The lowest BCUT2D eigenvalue weighted by atomic mass is 9.87. The van der Waals surface area contributed by atoms with Gasteiger partial charge in [0.2, 0.25) is 5.88 Å². The number of ether oxygens (including phenoxy) is 1. The number of hydrogen-bond donors (Lipinski definition) is 1. The summed E-state index contributed by atoms with van der Waals surface area (Å²) in [5.41, 5.74) is 7.72. The van der Waals surface area contributed by atoms with Crippen molar-refractivity contribution < 1.29 is 4.74 Å². The molecule has 0 saturated carbocycles. The van der Waals surface area contributed by atoms with Gasteiger partial charge in [-0.05, 0) is 26.3 Å². The fourth-order valence-electron chi connectivity index (χ4n) is 1.86. The third-order valence-corrected chi connectivity index (χ3v) is 2.62. The first-order chi connectivity index (χ1) is 7.90. The fraction of sp³-hybridized carbons (Fsp3) is 0.692. The molecule has 1 aromatic heterocycles. The molecule has 1 aromatic rings. The first kappa shape index (κ1) is 13.9. The van der Waals surface area contributed by atoms with Gasteiger partial charge in [-0.1, -0.05) is 20.8 Å². The minimum atomic E-state index is -0.00902. The highest BCUT2D eigenvalue weighted by Crippen LogP contribution is 2.29. The summed E-state index contributed by atoms with van der Waals surface area (Å²) in [5, 5.41) is 0. The third kappa shape index (κ3) is 3.40. The summed E-state index contributed by atoms with van der Waals surface area (Å²) >= 11 is 0. The van der Waals surface area contributed by atoms with Crippen LogP contribution in [0.1, 0.15) is 44.3 Å². The van der Waals surface area contributed by atoms with E-state index in [-0.39, 0.29) is 5.41 Å². The molecule has 1 rings (SSSR count). The number of aryl methyl sites for hydroxylation is 1. The quantitative estimate of drug-likeness (QED) is 0.870. The first-order valence-corrected chi connectivity index (χ1v) is 6.02. The maximum absolute atomic E-state index is 5.58. The van der Waals surface area contributed by atoms with Gasteiger partial charge in [-0.3, -0.25) is 0 Å². The standard InChI is InChI=1S/C13H23N3O/c1-9-15-11(13(2,3)4)10(7-6-8-14)12(16-9)17-5/h6-8,14H2,1-5H3. The minimum Gasteiger partial charge on any atom is -0.481 e. The van der Waals surface area contributed by atoms with E-state index in [1.54, 1.807) is 7.11 Å². The lowest BCUT2D eigenvalue weighted by Crippen LogP contribution is -2.19. The van der Waals surface area contributed by atoms with Crippen molar-refractivity contribution in [3.63, 3.8) is 0 Å². The SMILES string of the molecule is COc1nc(C)nc(C(C)(C)C)c1CCCN. The van der Waals surface area contributed by atoms with Crippen molar-refractivity contribution in [2.45, 2.75) is 46.0 Å². The zero-order valence-electron chi connectivity index (χ0n) is 11.5. The molecule has 0 amide bonds. The molecule has 0 aliphatic heterocycles. The van der Waals surface area contributed by atoms with E-state index in [1.165, 1.54) is 0 Å². The second-order valence-corrected chi connectivity index (χ2v) is 5.25. The van der Waals surface area contributed by atoms with Gasteiger partial charge in [0.05, 0.1) is 12.8 Å². The van der Waals surface area contributed by atoms with Gasteiger partial charge in [-0.25, -0.2) is 4.98 Å². The highest BCUT2D eigenvalue weighted by atomic mass is 16.5. The summed E-state index contributed by atoms with van der Waals surface area (Å²) in [7, 11) is 1.65. The molecule has 0 saturated heterocycles. The molecule has 17 heavy (non-hydrogen) atoms. The second kappa shape index (κ2) is 5.45. The van der Waals surface area contributed by atoms with E-state index >= 15 is 0 Å². The average molecular weight is 237 g/mol. The summed E-state index contributed by atoms with van der Waals surface area (Å²) in [5.74, 6) is 1.44. The molecule has 4 heteroatoms. The molecule has 96 valence electrons. The normalized spacial score (nSPS) is 11.6. The van der Waals surface area contributed by atoms with E-state index in [4.69, 9.17) is 10.5 Å². The van der Waals surface area contributed by atoms with Crippen molar-refractivity contribution in [1.82, 2.24) is 9.97 Å². The van der Waals surface area contributed by atoms with Crippen molar-refractivity contribution in [3.05, 3.63) is 17.1 Å². The van der Waals surface area contributed by atoms with Crippen LogP contribution in [0.3, 0.4) is 0 Å². The van der Waals surface area contributed by atoms with Gasteiger partial charge in [-0.2, -0.15) is 4.98 Å². The van der Waals surface area contributed by atoms with Crippen LogP contribution in [0.5, 0.6) is 5.88 Å². The largest absolute Gasteiger partial charge is 0.481 e. The Morgan fingerprint density at radius 3 is 2.35 bits per heavy atom. The fourth-order valence-corrected chi connectivity index (χ4v) is 1.86. The van der Waals surface area contributed by atoms with E-state index in [9.17, 15) is 0 Å². The summed E-state index contributed by atoms with van der Waals surface area (Å²) in [6.45, 7) is 9.02. The number of aromatic nitrogens is 2. The van der Waals surface area contributed by atoms with Gasteiger partial charge in [0.15, 0.2) is 0 Å². The van der Waals surface area contributed by atoms with Gasteiger partial charge in [0.25, 0.3) is 0 Å². The highest BCUT2D eigenvalue weighted by molar-refractivity contribution is 5.35. The van der Waals surface area contributed by atoms with E-state index in [0.717, 1.165) is 29.9 Å². The van der Waals surface area contributed by atoms with Crippen LogP contribution in [0, 0.1) is 6.92 Å². The number of nitrogens with two attached hydrogens (primary N) is 1. The monoisotopic (exact) mass is 237 g/mol. The van der Waals surface area contributed by atoms with Crippen molar-refractivity contribution in [2.24, 2.45) is 5.73 Å². The Bertz CT molecular complexity index is 383. The van der Waals surface area contributed by atoms with E-state index in [0.29, 0.717) is 12.4 Å². The molecule has 0 aromatic carbocycles. The Labute approximate surface area is 104 Å². The average Bonchev–Trinajstić information content (AvgIpc) is 2.25. The molecule has 0 unspecified atom stereocenters. The Morgan fingerprint density at radius 2 is 1.88 bits per heavy atom. The maximum Gasteiger partial charge on any atom is 0.219 e. The van der Waals surface area contributed by atoms with Crippen molar-refractivity contribution in [1.29, 1.82) is 0 Å². The third-order valence-electron chi connectivity index (χ3n) is 2.62. The van der Waals surface area contributed by atoms with Crippen LogP contribution in [0.4, 0.5) is 0 Å². The molecule has 0 bridgehead atoms. The zero-order chi connectivity index (χ0) is 13.1. The molecule has 0 radical (unpaired) electrons. The molecule has 4 nitrogen and oxygen atoms in total. The Kier molecular flexibility index (Phi) is 4.46. The smallest absolute Gasteiger partial charge is 0.219 e. The number of methoxy groups -OCH3 is 1. The highest BCUT2D eigenvalue weighted by Gasteiger charge is 2.23. The van der Waals surface area contributed by atoms with E-state index < -0.39 is 0 Å². The maximum atomic E-state index is 5.58. The summed E-state index contributed by atoms with van der Waals surface area (Å²) in [6, 6.07) is 0. The number of rotatable bonds is 4. The van der Waals surface area contributed by atoms with Crippen LogP contribution < -0.4 is 10.5 Å². The van der Waals surface area contributed by atoms with E-state index in [1.807, 2.05) is 6.92 Å². The summed E-state index contributed by atoms with van der Waals surface area (Å²) in [4.78, 5) is 8.92. The molecule has 0 fully saturated rings. The molecule has 1 heterocycles. The van der Waals surface area contributed by atoms with Gasteiger partial charge >= 0.3 is 0 Å². The molecule has 0 atom stereocenters. The summed E-state index contributed by atoms with van der Waals surface area (Å²) in [6.07, 6.45) is 1.79. The van der Waals surface area contributed by atoms with Crippen molar-refractivity contribution >= 4 is 0 Å². The topological polar surface area (TPSA) is 61.0 Å². The van der Waals surface area contributed by atoms with Crippen LogP contribution in [-0.4, -0.2) is 23.6 Å². The van der Waals surface area contributed by atoms with Gasteiger partial charge in [-0.15, -0.1) is 0 Å². The lowest BCUT2D eigenvalue weighted by molar-refractivity contribution is 0.384. The number of nitrogens with zero attached hydrogens (tertiary/aromatic N) is 2.